The van der Waals surface area contributed by atoms with E-state index in [0.717, 1.165) is 29.3 Å². The Hall–Kier alpha value is -1.97. The average molecular weight is 256 g/mol. The standard InChI is InChI=1S/C15H20N4/c1-10(2)8-12-9-14(16-4)19-15(18-12)13-7-5-6-11(3)17-13/h5-7,9-10H,8H2,1-4H3,(H,16,18,19). The molecule has 2 aromatic rings. The maximum Gasteiger partial charge on any atom is 0.180 e. The molecule has 2 aromatic heterocycles. The number of anilines is 1. The lowest BCUT2D eigenvalue weighted by molar-refractivity contribution is 0.635. The summed E-state index contributed by atoms with van der Waals surface area (Å²) >= 11 is 0. The molecule has 2 rings (SSSR count). The number of aromatic nitrogens is 3. The van der Waals surface area contributed by atoms with Gasteiger partial charge in [0.15, 0.2) is 5.82 Å². The van der Waals surface area contributed by atoms with Crippen LogP contribution in [0.3, 0.4) is 0 Å². The molecule has 0 aliphatic carbocycles. The van der Waals surface area contributed by atoms with Crippen molar-refractivity contribution in [3.8, 4) is 11.5 Å². The molecule has 0 unspecified atom stereocenters. The van der Waals surface area contributed by atoms with Crippen molar-refractivity contribution in [2.24, 2.45) is 5.92 Å². The van der Waals surface area contributed by atoms with Crippen molar-refractivity contribution < 1.29 is 0 Å². The summed E-state index contributed by atoms with van der Waals surface area (Å²) in [6, 6.07) is 7.90. The first-order valence-corrected chi connectivity index (χ1v) is 6.58. The van der Waals surface area contributed by atoms with Gasteiger partial charge in [0.05, 0.1) is 0 Å². The zero-order chi connectivity index (χ0) is 13.8. The first-order valence-electron chi connectivity index (χ1n) is 6.58. The molecule has 0 aromatic carbocycles. The zero-order valence-electron chi connectivity index (χ0n) is 11.9. The average Bonchev–Trinajstić information content (AvgIpc) is 2.37. The highest BCUT2D eigenvalue weighted by Crippen LogP contribution is 2.18. The van der Waals surface area contributed by atoms with Crippen molar-refractivity contribution in [2.45, 2.75) is 27.2 Å². The summed E-state index contributed by atoms with van der Waals surface area (Å²) in [6.07, 6.45) is 0.940. The van der Waals surface area contributed by atoms with Gasteiger partial charge in [-0.25, -0.2) is 15.0 Å². The van der Waals surface area contributed by atoms with Crippen LogP contribution < -0.4 is 5.32 Å². The van der Waals surface area contributed by atoms with Crippen LogP contribution >= 0.6 is 0 Å². The minimum Gasteiger partial charge on any atom is -0.373 e. The van der Waals surface area contributed by atoms with E-state index < -0.39 is 0 Å². The van der Waals surface area contributed by atoms with Gasteiger partial charge in [0.2, 0.25) is 0 Å². The molecule has 0 aliphatic heterocycles. The highest BCUT2D eigenvalue weighted by atomic mass is 15.0. The maximum absolute atomic E-state index is 4.62. The van der Waals surface area contributed by atoms with Crippen LogP contribution in [0.5, 0.6) is 0 Å². The van der Waals surface area contributed by atoms with Gasteiger partial charge in [-0.2, -0.15) is 0 Å². The lowest BCUT2D eigenvalue weighted by Crippen LogP contribution is -2.04. The molecule has 2 heterocycles. The molecule has 0 amide bonds. The second kappa shape index (κ2) is 5.78. The fourth-order valence-corrected chi connectivity index (χ4v) is 1.93. The first kappa shape index (κ1) is 13.5. The first-order chi connectivity index (χ1) is 9.08. The molecule has 4 heteroatoms. The largest absolute Gasteiger partial charge is 0.373 e. The Balaban J connectivity index is 2.44. The molecule has 0 spiro atoms. The van der Waals surface area contributed by atoms with Crippen molar-refractivity contribution in [1.82, 2.24) is 15.0 Å². The summed E-state index contributed by atoms with van der Waals surface area (Å²) in [5.74, 6) is 2.09. The van der Waals surface area contributed by atoms with Crippen LogP contribution in [0.2, 0.25) is 0 Å². The molecule has 0 aliphatic rings. The molecule has 0 radical (unpaired) electrons. The van der Waals surface area contributed by atoms with E-state index in [-0.39, 0.29) is 0 Å². The quantitative estimate of drug-likeness (QED) is 0.913. The number of rotatable bonds is 4. The molecule has 0 saturated carbocycles. The van der Waals surface area contributed by atoms with E-state index in [2.05, 4.69) is 34.1 Å². The van der Waals surface area contributed by atoms with E-state index in [1.165, 1.54) is 0 Å². The van der Waals surface area contributed by atoms with Crippen LogP contribution in [-0.4, -0.2) is 22.0 Å². The third-order valence-electron chi connectivity index (χ3n) is 2.77. The summed E-state index contributed by atoms with van der Waals surface area (Å²) in [4.78, 5) is 13.6. The molecule has 0 atom stereocenters. The molecular weight excluding hydrogens is 236 g/mol. The Bertz CT molecular complexity index is 564. The molecular formula is C15H20N4. The second-order valence-corrected chi connectivity index (χ2v) is 5.08. The fourth-order valence-electron chi connectivity index (χ4n) is 1.93. The molecule has 0 fully saturated rings. The van der Waals surface area contributed by atoms with E-state index in [9.17, 15) is 0 Å². The highest BCUT2D eigenvalue weighted by molar-refractivity contribution is 5.53. The molecule has 100 valence electrons. The minimum absolute atomic E-state index is 0.568. The SMILES string of the molecule is CNc1cc(CC(C)C)nc(-c2cccc(C)n2)n1. The summed E-state index contributed by atoms with van der Waals surface area (Å²) < 4.78 is 0. The van der Waals surface area contributed by atoms with Gasteiger partial charge in [-0.3, -0.25) is 0 Å². The van der Waals surface area contributed by atoms with Crippen LogP contribution in [-0.2, 0) is 6.42 Å². The zero-order valence-corrected chi connectivity index (χ0v) is 11.9. The van der Waals surface area contributed by atoms with Crippen molar-refractivity contribution in [2.75, 3.05) is 12.4 Å². The predicted molar refractivity (Wildman–Crippen MR) is 78.1 cm³/mol. The monoisotopic (exact) mass is 256 g/mol. The summed E-state index contributed by atoms with van der Waals surface area (Å²) in [7, 11) is 1.87. The van der Waals surface area contributed by atoms with Crippen molar-refractivity contribution >= 4 is 5.82 Å². The number of hydrogen-bond acceptors (Lipinski definition) is 4. The van der Waals surface area contributed by atoms with Gasteiger partial charge in [-0.1, -0.05) is 19.9 Å². The predicted octanol–water partition coefficient (Wildman–Crippen LogP) is 3.09. The van der Waals surface area contributed by atoms with Crippen LogP contribution in [0, 0.1) is 12.8 Å². The Kier molecular flexibility index (Phi) is 4.10. The van der Waals surface area contributed by atoms with Crippen LogP contribution in [0.15, 0.2) is 24.3 Å². The van der Waals surface area contributed by atoms with Crippen LogP contribution in [0.4, 0.5) is 5.82 Å². The van der Waals surface area contributed by atoms with Gasteiger partial charge in [0, 0.05) is 24.5 Å². The Morgan fingerprint density at radius 2 is 1.95 bits per heavy atom. The van der Waals surface area contributed by atoms with Gasteiger partial charge in [0.1, 0.15) is 11.5 Å². The number of nitrogens with one attached hydrogen (secondary N) is 1. The smallest absolute Gasteiger partial charge is 0.180 e. The highest BCUT2D eigenvalue weighted by Gasteiger charge is 2.09. The van der Waals surface area contributed by atoms with Gasteiger partial charge in [-0.05, 0) is 31.4 Å². The molecule has 0 bridgehead atoms. The molecule has 0 saturated heterocycles. The number of nitrogens with zero attached hydrogens (tertiary/aromatic N) is 3. The third kappa shape index (κ3) is 3.50. The van der Waals surface area contributed by atoms with Crippen LogP contribution in [0.25, 0.3) is 11.5 Å². The Labute approximate surface area is 114 Å². The van der Waals surface area contributed by atoms with Crippen molar-refractivity contribution in [3.63, 3.8) is 0 Å². The molecule has 19 heavy (non-hydrogen) atoms. The summed E-state index contributed by atoms with van der Waals surface area (Å²) in [5, 5.41) is 3.09. The van der Waals surface area contributed by atoms with E-state index in [1.807, 2.05) is 38.2 Å². The topological polar surface area (TPSA) is 50.7 Å². The van der Waals surface area contributed by atoms with E-state index in [0.29, 0.717) is 11.7 Å². The van der Waals surface area contributed by atoms with E-state index in [4.69, 9.17) is 0 Å². The minimum atomic E-state index is 0.568. The van der Waals surface area contributed by atoms with Gasteiger partial charge < -0.3 is 5.32 Å². The third-order valence-corrected chi connectivity index (χ3v) is 2.77. The maximum atomic E-state index is 4.62. The lowest BCUT2D eigenvalue weighted by Gasteiger charge is -2.09. The van der Waals surface area contributed by atoms with Crippen molar-refractivity contribution in [3.05, 3.63) is 35.7 Å². The van der Waals surface area contributed by atoms with Gasteiger partial charge in [-0.15, -0.1) is 0 Å². The Morgan fingerprint density at radius 3 is 2.58 bits per heavy atom. The number of pyridine rings is 1. The van der Waals surface area contributed by atoms with Gasteiger partial charge in [0.25, 0.3) is 0 Å². The molecule has 1 N–H and O–H groups in total. The van der Waals surface area contributed by atoms with E-state index >= 15 is 0 Å². The van der Waals surface area contributed by atoms with Crippen LogP contribution in [0.1, 0.15) is 25.2 Å². The summed E-state index contributed by atoms with van der Waals surface area (Å²) in [5.41, 5.74) is 2.84. The van der Waals surface area contributed by atoms with E-state index in [1.54, 1.807) is 0 Å². The fraction of sp³-hybridized carbons (Fsp3) is 0.400. The normalized spacial score (nSPS) is 10.8. The number of aryl methyl sites for hydroxylation is 1. The second-order valence-electron chi connectivity index (χ2n) is 5.08. The number of hydrogen-bond donors (Lipinski definition) is 1. The molecule has 4 nitrogen and oxygen atoms in total. The Morgan fingerprint density at radius 1 is 1.16 bits per heavy atom. The van der Waals surface area contributed by atoms with Crippen molar-refractivity contribution in [1.29, 1.82) is 0 Å². The van der Waals surface area contributed by atoms with Gasteiger partial charge >= 0.3 is 0 Å². The summed E-state index contributed by atoms with van der Waals surface area (Å²) in [6.45, 7) is 6.35. The lowest BCUT2D eigenvalue weighted by atomic mass is 10.1.